The highest BCUT2D eigenvalue weighted by Gasteiger charge is 2.40. The number of carbonyl (C=O) groups excluding carboxylic acids is 5. The van der Waals surface area contributed by atoms with E-state index in [2.05, 4.69) is 21.2 Å². The van der Waals surface area contributed by atoms with Crippen LogP contribution in [0.4, 0.5) is 16.2 Å². The van der Waals surface area contributed by atoms with E-state index >= 15 is 0 Å². The third-order valence-electron chi connectivity index (χ3n) is 5.49. The quantitative estimate of drug-likeness (QED) is 0.262. The maximum absolute atomic E-state index is 12.9. The van der Waals surface area contributed by atoms with Crippen LogP contribution in [0.5, 0.6) is 0 Å². The molecule has 1 heterocycles. The lowest BCUT2D eigenvalue weighted by Crippen LogP contribution is -2.58. The van der Waals surface area contributed by atoms with Gasteiger partial charge in [0.1, 0.15) is 0 Å². The first-order chi connectivity index (χ1) is 17.8. The van der Waals surface area contributed by atoms with Gasteiger partial charge < -0.3 is 5.32 Å². The Morgan fingerprint density at radius 3 is 2.41 bits per heavy atom. The average Bonchev–Trinajstić information content (AvgIpc) is 2.87. The number of imide groups is 2. The molecule has 1 atom stereocenters. The summed E-state index contributed by atoms with van der Waals surface area (Å²) in [6, 6.07) is 21.3. The molecule has 1 fully saturated rings. The number of nitrogens with one attached hydrogen (secondary N) is 3. The van der Waals surface area contributed by atoms with E-state index in [0.717, 1.165) is 22.2 Å². The Bertz CT molecular complexity index is 1390. The van der Waals surface area contributed by atoms with E-state index in [9.17, 15) is 24.0 Å². The van der Waals surface area contributed by atoms with E-state index in [0.29, 0.717) is 11.4 Å². The predicted octanol–water partition coefficient (Wildman–Crippen LogP) is 2.79. The number of rotatable bonds is 7. The number of hydrazone groups is 1. The van der Waals surface area contributed by atoms with Crippen LogP contribution in [0.2, 0.25) is 0 Å². The summed E-state index contributed by atoms with van der Waals surface area (Å²) in [5.41, 5.74) is 5.05. The van der Waals surface area contributed by atoms with Crippen molar-refractivity contribution in [1.29, 1.82) is 0 Å². The number of benzene rings is 3. The average molecular weight is 498 g/mol. The van der Waals surface area contributed by atoms with E-state index in [4.69, 9.17) is 0 Å². The zero-order valence-electron chi connectivity index (χ0n) is 19.8. The van der Waals surface area contributed by atoms with Crippen molar-refractivity contribution in [3.05, 3.63) is 95.6 Å². The lowest BCUT2D eigenvalue weighted by atomic mass is 10.1. The van der Waals surface area contributed by atoms with Crippen LogP contribution in [-0.2, 0) is 20.8 Å². The first-order valence-electron chi connectivity index (χ1n) is 11.3. The molecule has 1 aliphatic heterocycles. The van der Waals surface area contributed by atoms with Crippen LogP contribution in [0.1, 0.15) is 21.5 Å². The van der Waals surface area contributed by atoms with E-state index in [1.165, 1.54) is 12.1 Å². The van der Waals surface area contributed by atoms with Crippen molar-refractivity contribution < 1.29 is 24.0 Å². The van der Waals surface area contributed by atoms with Gasteiger partial charge in [-0.3, -0.25) is 24.5 Å². The minimum Gasteiger partial charge on any atom is -0.326 e. The third-order valence-corrected chi connectivity index (χ3v) is 5.49. The monoisotopic (exact) mass is 497 g/mol. The molecule has 0 unspecified atom stereocenters. The normalized spacial score (nSPS) is 15.4. The van der Waals surface area contributed by atoms with Gasteiger partial charge in [-0.15, -0.1) is 0 Å². The number of aryl methyl sites for hydroxylation is 1. The fourth-order valence-electron chi connectivity index (χ4n) is 3.66. The second-order valence-electron chi connectivity index (χ2n) is 8.29. The molecule has 3 aromatic carbocycles. The highest BCUT2D eigenvalue weighted by Crippen LogP contribution is 2.21. The summed E-state index contributed by atoms with van der Waals surface area (Å²) >= 11 is 0. The summed E-state index contributed by atoms with van der Waals surface area (Å²) in [4.78, 5) is 62.8. The molecule has 0 radical (unpaired) electrons. The van der Waals surface area contributed by atoms with Crippen molar-refractivity contribution in [3.8, 4) is 0 Å². The van der Waals surface area contributed by atoms with Gasteiger partial charge in [-0.2, -0.15) is 5.10 Å². The first-order valence-corrected chi connectivity index (χ1v) is 11.3. The van der Waals surface area contributed by atoms with Crippen LogP contribution in [0.15, 0.2) is 84.0 Å². The Labute approximate surface area is 212 Å². The summed E-state index contributed by atoms with van der Waals surface area (Å²) in [5.74, 6) is -3.81. The van der Waals surface area contributed by atoms with Gasteiger partial charge in [0, 0.05) is 17.5 Å². The van der Waals surface area contributed by atoms with Gasteiger partial charge in [0.25, 0.3) is 11.8 Å². The van der Waals surface area contributed by atoms with Crippen LogP contribution in [0.25, 0.3) is 0 Å². The topological polar surface area (TPSA) is 137 Å². The molecule has 3 N–H and O–H groups in total. The number of amides is 6. The Hall–Kier alpha value is -5.12. The summed E-state index contributed by atoms with van der Waals surface area (Å²) in [5, 5.41) is 8.63. The molecule has 0 aromatic heterocycles. The molecule has 0 aliphatic carbocycles. The number of nitrogens with zero attached hydrogens (tertiary/aromatic N) is 2. The fourth-order valence-corrected chi connectivity index (χ4v) is 3.66. The number of carbonyl (C=O) groups is 5. The molecule has 6 amide bonds. The molecule has 0 spiro atoms. The molecule has 186 valence electrons. The van der Waals surface area contributed by atoms with Crippen LogP contribution in [0, 0.1) is 12.8 Å². The number of barbiturate groups is 1. The number of anilines is 2. The lowest BCUT2D eigenvalue weighted by molar-refractivity contribution is -0.131. The number of urea groups is 1. The molecule has 10 nitrogen and oxygen atoms in total. The van der Waals surface area contributed by atoms with Crippen LogP contribution in [0.3, 0.4) is 0 Å². The first kappa shape index (κ1) is 25.0. The van der Waals surface area contributed by atoms with Crippen molar-refractivity contribution in [3.63, 3.8) is 0 Å². The Morgan fingerprint density at radius 1 is 0.973 bits per heavy atom. The summed E-state index contributed by atoms with van der Waals surface area (Å²) < 4.78 is 0. The minimum absolute atomic E-state index is 0.193. The van der Waals surface area contributed by atoms with E-state index in [1.807, 2.05) is 30.3 Å². The van der Waals surface area contributed by atoms with Crippen molar-refractivity contribution in [2.45, 2.75) is 13.3 Å². The molecular weight excluding hydrogens is 474 g/mol. The minimum atomic E-state index is -1.40. The maximum atomic E-state index is 12.9. The molecule has 4 rings (SSSR count). The highest BCUT2D eigenvalue weighted by molar-refractivity contribution is 6.32. The largest absolute Gasteiger partial charge is 0.335 e. The molecule has 3 aromatic rings. The van der Waals surface area contributed by atoms with Crippen LogP contribution in [-0.4, -0.2) is 35.9 Å². The van der Waals surface area contributed by atoms with E-state index in [-0.39, 0.29) is 17.9 Å². The van der Waals surface area contributed by atoms with Crippen molar-refractivity contribution in [2.75, 3.05) is 10.2 Å². The van der Waals surface area contributed by atoms with Gasteiger partial charge in [0.15, 0.2) is 5.92 Å². The van der Waals surface area contributed by atoms with Gasteiger partial charge in [-0.05, 0) is 54.4 Å². The maximum Gasteiger partial charge on any atom is 0.335 e. The zero-order chi connectivity index (χ0) is 26.4. The second kappa shape index (κ2) is 11.1. The van der Waals surface area contributed by atoms with E-state index < -0.39 is 29.7 Å². The fraction of sp³-hybridized carbons (Fsp3) is 0.111. The smallest absolute Gasteiger partial charge is 0.326 e. The van der Waals surface area contributed by atoms with Crippen molar-refractivity contribution in [1.82, 2.24) is 10.7 Å². The number of hydrogen-bond donors (Lipinski definition) is 3. The molecule has 10 heteroatoms. The zero-order valence-corrected chi connectivity index (χ0v) is 19.8. The van der Waals surface area contributed by atoms with E-state index in [1.54, 1.807) is 43.3 Å². The molecule has 37 heavy (non-hydrogen) atoms. The Balaban J connectivity index is 1.35. The van der Waals surface area contributed by atoms with Gasteiger partial charge >= 0.3 is 6.03 Å². The van der Waals surface area contributed by atoms with Crippen molar-refractivity contribution in [2.24, 2.45) is 11.0 Å². The molecule has 1 saturated heterocycles. The van der Waals surface area contributed by atoms with Gasteiger partial charge in [0.2, 0.25) is 11.8 Å². The Morgan fingerprint density at radius 2 is 1.70 bits per heavy atom. The Kier molecular flexibility index (Phi) is 7.48. The van der Waals surface area contributed by atoms with Crippen LogP contribution < -0.4 is 21.0 Å². The predicted molar refractivity (Wildman–Crippen MR) is 137 cm³/mol. The highest BCUT2D eigenvalue weighted by atomic mass is 16.2. The van der Waals surface area contributed by atoms with Gasteiger partial charge in [0.05, 0.1) is 12.1 Å². The lowest BCUT2D eigenvalue weighted by Gasteiger charge is -2.28. The second-order valence-corrected chi connectivity index (χ2v) is 8.29. The molecule has 0 bridgehead atoms. The molecule has 0 saturated carbocycles. The van der Waals surface area contributed by atoms with Gasteiger partial charge in [-0.1, -0.05) is 42.5 Å². The summed E-state index contributed by atoms with van der Waals surface area (Å²) in [6.45, 7) is 1.81. The number of hydrogen-bond acceptors (Lipinski definition) is 6. The summed E-state index contributed by atoms with van der Waals surface area (Å²) in [6.07, 6.45) is 1.20. The van der Waals surface area contributed by atoms with Gasteiger partial charge in [-0.25, -0.2) is 15.1 Å². The molecule has 1 aliphatic rings. The third kappa shape index (κ3) is 6.12. The summed E-state index contributed by atoms with van der Waals surface area (Å²) in [7, 11) is 0. The standard InChI is InChI=1S/C27H23N5O5/c1-17-6-5-9-21(14-17)32-26(36)22(25(35)30-27(32)37)16-28-31-24(34)19-10-12-20(13-11-19)29-23(33)15-18-7-3-2-4-8-18/h2-14,16,22H,15H2,1H3,(H,29,33)(H,31,34)(H,30,35,37)/b28-16-/t22-/m1/s1. The molecular formula is C27H23N5O5. The van der Waals surface area contributed by atoms with Crippen LogP contribution >= 0.6 is 0 Å². The van der Waals surface area contributed by atoms with Crippen molar-refractivity contribution >= 4 is 47.2 Å². The SMILES string of the molecule is Cc1cccc(N2C(=O)NC(=O)[C@@H](/C=N\NC(=O)c3ccc(NC(=O)Cc4ccccc4)cc3)C2=O)c1.